The summed E-state index contributed by atoms with van der Waals surface area (Å²) >= 11 is 0. The first kappa shape index (κ1) is 18.0. The summed E-state index contributed by atoms with van der Waals surface area (Å²) in [6, 6.07) is 5.92. The van der Waals surface area contributed by atoms with Crippen molar-refractivity contribution in [1.82, 2.24) is 0 Å². The van der Waals surface area contributed by atoms with Crippen LogP contribution in [0.5, 0.6) is 0 Å². The van der Waals surface area contributed by atoms with Gasteiger partial charge in [-0.25, -0.2) is 8.78 Å². The highest BCUT2D eigenvalue weighted by Crippen LogP contribution is 2.40. The standard InChI is InChI=1S/C18H16F2N2O4/c1-7(23)21-15-11-12(16(22-8(2)24)14(20)13(15)19)18(26)10-6-4-3-5-9(10)17(11)25/h3-8,21-24H,1-2H3. The Morgan fingerprint density at radius 3 is 1.46 bits per heavy atom. The monoisotopic (exact) mass is 362 g/mol. The molecule has 2 unspecified atom stereocenters. The van der Waals surface area contributed by atoms with Crippen LogP contribution in [-0.2, 0) is 0 Å². The number of carbonyl (C=O) groups is 2. The van der Waals surface area contributed by atoms with Crippen LogP contribution in [0.3, 0.4) is 0 Å². The molecule has 3 rings (SSSR count). The largest absolute Gasteiger partial charge is 0.374 e. The second-order valence-corrected chi connectivity index (χ2v) is 5.97. The van der Waals surface area contributed by atoms with Gasteiger partial charge < -0.3 is 20.8 Å². The van der Waals surface area contributed by atoms with Gasteiger partial charge in [0.15, 0.2) is 23.2 Å². The number of aliphatic hydroxyl groups excluding tert-OH is 2. The van der Waals surface area contributed by atoms with Crippen molar-refractivity contribution in [2.75, 3.05) is 10.6 Å². The Labute approximate surface area is 147 Å². The van der Waals surface area contributed by atoms with Crippen LogP contribution in [0.4, 0.5) is 20.2 Å². The van der Waals surface area contributed by atoms with Crippen LogP contribution in [0.1, 0.15) is 45.7 Å². The number of ketones is 2. The fourth-order valence-corrected chi connectivity index (χ4v) is 2.98. The molecule has 2 aromatic carbocycles. The molecular weight excluding hydrogens is 346 g/mol. The van der Waals surface area contributed by atoms with E-state index in [1.54, 1.807) is 12.1 Å². The predicted molar refractivity (Wildman–Crippen MR) is 90.3 cm³/mol. The lowest BCUT2D eigenvalue weighted by Crippen LogP contribution is -2.29. The lowest BCUT2D eigenvalue weighted by molar-refractivity contribution is 0.0979. The zero-order chi connectivity index (χ0) is 19.2. The smallest absolute Gasteiger partial charge is 0.196 e. The van der Waals surface area contributed by atoms with Crippen LogP contribution in [-0.4, -0.2) is 34.2 Å². The summed E-state index contributed by atoms with van der Waals surface area (Å²) in [4.78, 5) is 25.8. The van der Waals surface area contributed by atoms with Gasteiger partial charge in [0.05, 0.1) is 22.5 Å². The van der Waals surface area contributed by atoms with Crippen LogP contribution in [0.2, 0.25) is 0 Å². The molecule has 8 heteroatoms. The van der Waals surface area contributed by atoms with Crippen LogP contribution in [0.15, 0.2) is 24.3 Å². The van der Waals surface area contributed by atoms with Gasteiger partial charge in [0, 0.05) is 11.1 Å². The molecule has 0 spiro atoms. The summed E-state index contributed by atoms with van der Waals surface area (Å²) in [5, 5.41) is 23.6. The molecule has 0 aromatic heterocycles. The topological polar surface area (TPSA) is 98.7 Å². The summed E-state index contributed by atoms with van der Waals surface area (Å²) in [6.07, 6.45) is -2.60. The second kappa shape index (κ2) is 6.47. The molecule has 0 saturated carbocycles. The molecule has 0 saturated heterocycles. The van der Waals surface area contributed by atoms with E-state index in [1.807, 2.05) is 0 Å². The minimum atomic E-state index is -1.44. The van der Waals surface area contributed by atoms with E-state index in [-0.39, 0.29) is 11.1 Å². The normalized spacial score (nSPS) is 15.2. The number of carbonyl (C=O) groups excluding carboxylic acids is 2. The van der Waals surface area contributed by atoms with Crippen molar-refractivity contribution < 1.29 is 28.6 Å². The zero-order valence-electron chi connectivity index (χ0n) is 13.9. The zero-order valence-corrected chi connectivity index (χ0v) is 13.9. The molecule has 2 atom stereocenters. The van der Waals surface area contributed by atoms with E-state index in [2.05, 4.69) is 10.6 Å². The molecule has 0 bridgehead atoms. The molecule has 0 aliphatic heterocycles. The third kappa shape index (κ3) is 2.73. The summed E-state index contributed by atoms with van der Waals surface area (Å²) in [6.45, 7) is 2.52. The van der Waals surface area contributed by atoms with Crippen LogP contribution in [0, 0.1) is 11.6 Å². The van der Waals surface area contributed by atoms with Gasteiger partial charge in [0.2, 0.25) is 0 Å². The van der Waals surface area contributed by atoms with Crippen molar-refractivity contribution in [2.24, 2.45) is 0 Å². The third-order valence-electron chi connectivity index (χ3n) is 3.96. The van der Waals surface area contributed by atoms with E-state index in [4.69, 9.17) is 0 Å². The minimum Gasteiger partial charge on any atom is -0.374 e. The maximum atomic E-state index is 14.6. The van der Waals surface area contributed by atoms with Crippen molar-refractivity contribution in [3.63, 3.8) is 0 Å². The summed E-state index contributed by atoms with van der Waals surface area (Å²) in [5.41, 5.74) is -1.89. The van der Waals surface area contributed by atoms with Crippen LogP contribution in [0.25, 0.3) is 0 Å². The number of nitrogens with one attached hydrogen (secondary N) is 2. The van der Waals surface area contributed by atoms with Gasteiger partial charge in [-0.15, -0.1) is 0 Å². The maximum absolute atomic E-state index is 14.6. The van der Waals surface area contributed by atoms with Crippen molar-refractivity contribution in [2.45, 2.75) is 26.3 Å². The van der Waals surface area contributed by atoms with Gasteiger partial charge >= 0.3 is 0 Å². The van der Waals surface area contributed by atoms with Crippen molar-refractivity contribution in [3.8, 4) is 0 Å². The highest BCUT2D eigenvalue weighted by atomic mass is 19.2. The fraction of sp³-hybridized carbons (Fsp3) is 0.222. The molecular formula is C18H16F2N2O4. The van der Waals surface area contributed by atoms with Gasteiger partial charge in [-0.3, -0.25) is 9.59 Å². The average Bonchev–Trinajstić information content (AvgIpc) is 2.58. The Balaban J connectivity index is 2.39. The highest BCUT2D eigenvalue weighted by molar-refractivity contribution is 6.32. The van der Waals surface area contributed by atoms with E-state index >= 15 is 0 Å². The summed E-state index contributed by atoms with van der Waals surface area (Å²) in [5.74, 6) is -4.25. The summed E-state index contributed by atoms with van der Waals surface area (Å²) in [7, 11) is 0. The fourth-order valence-electron chi connectivity index (χ4n) is 2.98. The molecule has 6 nitrogen and oxygen atoms in total. The molecule has 26 heavy (non-hydrogen) atoms. The molecule has 0 radical (unpaired) electrons. The molecule has 1 aliphatic rings. The predicted octanol–water partition coefficient (Wildman–Crippen LogP) is 2.24. The van der Waals surface area contributed by atoms with Crippen molar-refractivity contribution in [1.29, 1.82) is 0 Å². The lowest BCUT2D eigenvalue weighted by atomic mass is 9.82. The Hall–Kier alpha value is -2.84. The molecule has 136 valence electrons. The Morgan fingerprint density at radius 1 is 0.808 bits per heavy atom. The van der Waals surface area contributed by atoms with E-state index < -0.39 is 58.2 Å². The van der Waals surface area contributed by atoms with E-state index in [9.17, 15) is 28.6 Å². The van der Waals surface area contributed by atoms with E-state index in [1.165, 1.54) is 26.0 Å². The summed E-state index contributed by atoms with van der Waals surface area (Å²) < 4.78 is 29.2. The number of halogens is 2. The van der Waals surface area contributed by atoms with Crippen molar-refractivity contribution >= 4 is 22.9 Å². The SMILES string of the molecule is CC(O)Nc1c(F)c(F)c(NC(C)O)c2c1C(=O)c1ccccc1C2=O. The number of aliphatic hydroxyl groups is 2. The quantitative estimate of drug-likeness (QED) is 0.532. The van der Waals surface area contributed by atoms with Crippen LogP contribution < -0.4 is 10.6 Å². The van der Waals surface area contributed by atoms with Gasteiger partial charge in [-0.05, 0) is 13.8 Å². The molecule has 0 heterocycles. The Morgan fingerprint density at radius 2 is 1.15 bits per heavy atom. The second-order valence-electron chi connectivity index (χ2n) is 5.97. The highest BCUT2D eigenvalue weighted by Gasteiger charge is 2.38. The average molecular weight is 362 g/mol. The van der Waals surface area contributed by atoms with E-state index in [0.29, 0.717) is 0 Å². The molecule has 2 aromatic rings. The Bertz CT molecular complexity index is 852. The number of benzene rings is 2. The number of fused-ring (bicyclic) bond motifs is 2. The van der Waals surface area contributed by atoms with Crippen LogP contribution >= 0.6 is 0 Å². The Kier molecular flexibility index (Phi) is 4.47. The van der Waals surface area contributed by atoms with E-state index in [0.717, 1.165) is 0 Å². The maximum Gasteiger partial charge on any atom is 0.196 e. The molecule has 0 fully saturated rings. The van der Waals surface area contributed by atoms with Crippen molar-refractivity contribution in [3.05, 3.63) is 58.2 Å². The third-order valence-corrected chi connectivity index (χ3v) is 3.96. The van der Waals surface area contributed by atoms with Gasteiger partial charge in [0.25, 0.3) is 0 Å². The first-order valence-corrected chi connectivity index (χ1v) is 7.86. The van der Waals surface area contributed by atoms with Gasteiger partial charge in [-0.2, -0.15) is 0 Å². The lowest BCUT2D eigenvalue weighted by Gasteiger charge is -2.26. The molecule has 0 amide bonds. The van der Waals surface area contributed by atoms with Gasteiger partial charge in [-0.1, -0.05) is 24.3 Å². The molecule has 4 N–H and O–H groups in total. The minimum absolute atomic E-state index is 0.0487. The van der Waals surface area contributed by atoms with Gasteiger partial charge in [0.1, 0.15) is 12.5 Å². The first-order chi connectivity index (χ1) is 12.2. The number of hydrogen-bond acceptors (Lipinski definition) is 6. The number of anilines is 2. The first-order valence-electron chi connectivity index (χ1n) is 7.86. The number of hydrogen-bond donors (Lipinski definition) is 4. The number of rotatable bonds is 4. The molecule has 1 aliphatic carbocycles.